The van der Waals surface area contributed by atoms with E-state index in [4.69, 9.17) is 0 Å². The molecule has 0 radical (unpaired) electrons. The predicted molar refractivity (Wildman–Crippen MR) is 96.5 cm³/mol. The summed E-state index contributed by atoms with van der Waals surface area (Å²) < 4.78 is 0. The average molecular weight is 387 g/mol. The minimum absolute atomic E-state index is 0. The van der Waals surface area contributed by atoms with Crippen LogP contribution in [0, 0.1) is 5.92 Å². The highest BCUT2D eigenvalue weighted by molar-refractivity contribution is 14.0. The Balaban J connectivity index is 0. The lowest BCUT2D eigenvalue weighted by molar-refractivity contribution is 0.549. The largest absolute Gasteiger partial charge is 0.357 e. The fourth-order valence-corrected chi connectivity index (χ4v) is 1.88. The van der Waals surface area contributed by atoms with Crippen LogP contribution in [0.5, 0.6) is 0 Å². The highest BCUT2D eigenvalue weighted by atomic mass is 127. The van der Waals surface area contributed by atoms with Gasteiger partial charge in [0.15, 0.2) is 5.96 Å². The zero-order valence-corrected chi connectivity index (χ0v) is 15.4. The summed E-state index contributed by atoms with van der Waals surface area (Å²) in [6.45, 7) is 9.50. The monoisotopic (exact) mass is 387 g/mol. The Labute approximate surface area is 134 Å². The summed E-state index contributed by atoms with van der Waals surface area (Å²) in [6, 6.07) is 0. The summed E-state index contributed by atoms with van der Waals surface area (Å²) in [6.07, 6.45) is 5.79. The van der Waals surface area contributed by atoms with Gasteiger partial charge >= 0.3 is 0 Å². The molecular weight excluding hydrogens is 357 g/mol. The van der Waals surface area contributed by atoms with Crippen molar-refractivity contribution in [1.82, 2.24) is 10.6 Å². The first kappa shape index (κ1) is 20.7. The van der Waals surface area contributed by atoms with Crippen molar-refractivity contribution in [3.8, 4) is 0 Å². The van der Waals surface area contributed by atoms with Crippen molar-refractivity contribution in [3.05, 3.63) is 0 Å². The number of rotatable bonds is 9. The van der Waals surface area contributed by atoms with E-state index in [-0.39, 0.29) is 24.0 Å². The number of guanidine groups is 1. The summed E-state index contributed by atoms with van der Waals surface area (Å²) in [5.41, 5.74) is 0. The molecule has 0 aliphatic rings. The summed E-state index contributed by atoms with van der Waals surface area (Å²) in [5, 5.41) is 6.66. The molecule has 0 amide bonds. The molecule has 0 aromatic heterocycles. The summed E-state index contributed by atoms with van der Waals surface area (Å²) in [4.78, 5) is 4.55. The summed E-state index contributed by atoms with van der Waals surface area (Å²) >= 11 is 1.88. The average Bonchev–Trinajstić information content (AvgIpc) is 2.29. The van der Waals surface area contributed by atoms with Gasteiger partial charge in [0.2, 0.25) is 0 Å². The second-order valence-corrected chi connectivity index (χ2v) is 5.56. The standard InChI is InChI=1S/C13H29N3S.HI/c1-5-14-13(16-10-7-11-17-4)15-9-6-8-12(2)3;/h12H,5-11H2,1-4H3,(H2,14,15,16);1H. The maximum atomic E-state index is 4.55. The van der Waals surface area contributed by atoms with Crippen LogP contribution in [0.4, 0.5) is 0 Å². The number of hydrogen-bond acceptors (Lipinski definition) is 2. The van der Waals surface area contributed by atoms with Crippen molar-refractivity contribution in [2.45, 2.75) is 40.0 Å². The maximum absolute atomic E-state index is 4.55. The molecule has 0 unspecified atom stereocenters. The van der Waals surface area contributed by atoms with E-state index >= 15 is 0 Å². The normalized spacial score (nSPS) is 11.3. The Kier molecular flexibility index (Phi) is 17.7. The minimum atomic E-state index is 0. The molecule has 0 aromatic carbocycles. The van der Waals surface area contributed by atoms with E-state index < -0.39 is 0 Å². The first-order valence-corrected chi connectivity index (χ1v) is 8.11. The molecule has 5 heteroatoms. The van der Waals surface area contributed by atoms with Crippen LogP contribution in [0.1, 0.15) is 40.0 Å². The van der Waals surface area contributed by atoms with Gasteiger partial charge in [-0.05, 0) is 44.1 Å². The zero-order chi connectivity index (χ0) is 12.9. The molecule has 18 heavy (non-hydrogen) atoms. The molecule has 0 atom stereocenters. The molecule has 0 rings (SSSR count). The van der Waals surface area contributed by atoms with E-state index in [1.165, 1.54) is 18.6 Å². The van der Waals surface area contributed by atoms with E-state index in [9.17, 15) is 0 Å². The van der Waals surface area contributed by atoms with Gasteiger partial charge in [0.05, 0.1) is 0 Å². The van der Waals surface area contributed by atoms with Gasteiger partial charge in [0.25, 0.3) is 0 Å². The van der Waals surface area contributed by atoms with Crippen LogP contribution in [-0.2, 0) is 0 Å². The lowest BCUT2D eigenvalue weighted by atomic mass is 10.1. The maximum Gasteiger partial charge on any atom is 0.191 e. The van der Waals surface area contributed by atoms with Gasteiger partial charge in [-0.15, -0.1) is 24.0 Å². The van der Waals surface area contributed by atoms with Crippen LogP contribution in [0.25, 0.3) is 0 Å². The third-order valence-electron chi connectivity index (χ3n) is 2.37. The Morgan fingerprint density at radius 2 is 1.94 bits per heavy atom. The molecule has 0 saturated heterocycles. The topological polar surface area (TPSA) is 36.4 Å². The Morgan fingerprint density at radius 3 is 2.50 bits per heavy atom. The molecule has 0 saturated carbocycles. The third-order valence-corrected chi connectivity index (χ3v) is 3.07. The molecule has 0 aliphatic carbocycles. The Bertz CT molecular complexity index is 199. The van der Waals surface area contributed by atoms with E-state index in [2.05, 4.69) is 42.7 Å². The predicted octanol–water partition coefficient (Wildman–Crippen LogP) is 3.35. The molecule has 0 aliphatic heterocycles. The molecule has 0 bridgehead atoms. The van der Waals surface area contributed by atoms with E-state index in [0.29, 0.717) is 0 Å². The lowest BCUT2D eigenvalue weighted by Gasteiger charge is -2.11. The van der Waals surface area contributed by atoms with Crippen LogP contribution < -0.4 is 10.6 Å². The molecular formula is C13H30IN3S. The number of halogens is 1. The molecule has 110 valence electrons. The van der Waals surface area contributed by atoms with Crippen molar-refractivity contribution in [2.75, 3.05) is 31.6 Å². The van der Waals surface area contributed by atoms with Gasteiger partial charge in [0, 0.05) is 19.6 Å². The van der Waals surface area contributed by atoms with Gasteiger partial charge in [-0.3, -0.25) is 4.99 Å². The van der Waals surface area contributed by atoms with Crippen molar-refractivity contribution < 1.29 is 0 Å². The quantitative estimate of drug-likeness (QED) is 0.276. The van der Waals surface area contributed by atoms with Gasteiger partial charge in [0.1, 0.15) is 0 Å². The first-order valence-electron chi connectivity index (χ1n) is 6.71. The Morgan fingerprint density at radius 1 is 1.22 bits per heavy atom. The number of nitrogens with one attached hydrogen (secondary N) is 2. The Hall–Kier alpha value is 0.350. The van der Waals surface area contributed by atoms with E-state index in [1.807, 2.05) is 11.8 Å². The van der Waals surface area contributed by atoms with Gasteiger partial charge in [-0.1, -0.05) is 13.8 Å². The van der Waals surface area contributed by atoms with E-state index in [1.54, 1.807) is 0 Å². The third kappa shape index (κ3) is 14.4. The number of nitrogens with zero attached hydrogens (tertiary/aromatic N) is 1. The highest BCUT2D eigenvalue weighted by Gasteiger charge is 1.97. The fourth-order valence-electron chi connectivity index (χ4n) is 1.46. The second-order valence-electron chi connectivity index (χ2n) is 4.57. The van der Waals surface area contributed by atoms with Crippen molar-refractivity contribution in [3.63, 3.8) is 0 Å². The van der Waals surface area contributed by atoms with Crippen LogP contribution in [-0.4, -0.2) is 37.6 Å². The second kappa shape index (κ2) is 15.4. The van der Waals surface area contributed by atoms with Crippen molar-refractivity contribution >= 4 is 41.7 Å². The van der Waals surface area contributed by atoms with Gasteiger partial charge in [-0.2, -0.15) is 11.8 Å². The molecule has 0 fully saturated rings. The fraction of sp³-hybridized carbons (Fsp3) is 0.923. The van der Waals surface area contributed by atoms with E-state index in [0.717, 1.165) is 37.9 Å². The first-order chi connectivity index (χ1) is 8.20. The molecule has 2 N–H and O–H groups in total. The van der Waals surface area contributed by atoms with Crippen LogP contribution in [0.2, 0.25) is 0 Å². The zero-order valence-electron chi connectivity index (χ0n) is 12.3. The summed E-state index contributed by atoms with van der Waals surface area (Å²) in [5.74, 6) is 2.95. The van der Waals surface area contributed by atoms with Crippen LogP contribution in [0.15, 0.2) is 4.99 Å². The molecule has 0 spiro atoms. The summed E-state index contributed by atoms with van der Waals surface area (Å²) in [7, 11) is 0. The smallest absolute Gasteiger partial charge is 0.191 e. The number of hydrogen-bond donors (Lipinski definition) is 2. The molecule has 0 heterocycles. The molecule has 0 aromatic rings. The van der Waals surface area contributed by atoms with Gasteiger partial charge in [-0.25, -0.2) is 0 Å². The highest BCUT2D eigenvalue weighted by Crippen LogP contribution is 2.01. The van der Waals surface area contributed by atoms with Crippen LogP contribution in [0.3, 0.4) is 0 Å². The SMILES string of the molecule is CCNC(=NCCCSC)NCCCC(C)C.I. The van der Waals surface area contributed by atoms with Gasteiger partial charge < -0.3 is 10.6 Å². The lowest BCUT2D eigenvalue weighted by Crippen LogP contribution is -2.38. The number of aliphatic imine (C=N–C) groups is 1. The van der Waals surface area contributed by atoms with Crippen molar-refractivity contribution in [1.29, 1.82) is 0 Å². The van der Waals surface area contributed by atoms with Crippen LogP contribution >= 0.6 is 35.7 Å². The van der Waals surface area contributed by atoms with Crippen molar-refractivity contribution in [2.24, 2.45) is 10.9 Å². The molecule has 3 nitrogen and oxygen atoms in total. The number of thioether (sulfide) groups is 1. The minimum Gasteiger partial charge on any atom is -0.357 e.